The van der Waals surface area contributed by atoms with Gasteiger partial charge in [-0.1, -0.05) is 30.3 Å². The number of imide groups is 1. The number of esters is 1. The van der Waals surface area contributed by atoms with Crippen molar-refractivity contribution in [2.45, 2.75) is 20.3 Å². The van der Waals surface area contributed by atoms with E-state index in [2.05, 4.69) is 5.32 Å². The van der Waals surface area contributed by atoms with E-state index in [9.17, 15) is 19.6 Å². The fourth-order valence-electron chi connectivity index (χ4n) is 3.58. The summed E-state index contributed by atoms with van der Waals surface area (Å²) in [5.41, 5.74) is 3.77. The van der Waals surface area contributed by atoms with Crippen LogP contribution in [0.5, 0.6) is 5.75 Å². The molecular formula is C27H25N3O5. The van der Waals surface area contributed by atoms with E-state index in [0.717, 1.165) is 28.4 Å². The molecule has 0 aliphatic rings. The third-order valence-electron chi connectivity index (χ3n) is 5.26. The Morgan fingerprint density at radius 1 is 1.03 bits per heavy atom. The monoisotopic (exact) mass is 471 g/mol. The van der Waals surface area contributed by atoms with Crippen LogP contribution in [0.2, 0.25) is 0 Å². The van der Waals surface area contributed by atoms with Crippen molar-refractivity contribution in [3.8, 4) is 17.5 Å². The number of ether oxygens (including phenoxy) is 2. The molecule has 0 saturated carbocycles. The summed E-state index contributed by atoms with van der Waals surface area (Å²) < 4.78 is 12.1. The van der Waals surface area contributed by atoms with Gasteiger partial charge in [0, 0.05) is 17.1 Å². The maximum Gasteiger partial charge on any atom is 0.349 e. The van der Waals surface area contributed by atoms with Crippen molar-refractivity contribution < 1.29 is 23.9 Å². The summed E-state index contributed by atoms with van der Waals surface area (Å²) in [6.45, 7) is 3.11. The number of amides is 2. The first-order chi connectivity index (χ1) is 16.8. The summed E-state index contributed by atoms with van der Waals surface area (Å²) in [6.07, 6.45) is 1.44. The Kier molecular flexibility index (Phi) is 8.20. The normalized spacial score (nSPS) is 10.9. The fraction of sp³-hybridized carbons (Fsp3) is 0.185. The molecule has 8 nitrogen and oxygen atoms in total. The Morgan fingerprint density at radius 2 is 1.71 bits per heavy atom. The Labute approximate surface area is 203 Å². The third-order valence-corrected chi connectivity index (χ3v) is 5.26. The minimum Gasteiger partial charge on any atom is -0.497 e. The maximum atomic E-state index is 12.4. The number of nitriles is 1. The largest absolute Gasteiger partial charge is 0.497 e. The highest BCUT2D eigenvalue weighted by Crippen LogP contribution is 2.24. The lowest BCUT2D eigenvalue weighted by Gasteiger charge is -2.10. The van der Waals surface area contributed by atoms with Crippen molar-refractivity contribution in [3.05, 3.63) is 88.8 Å². The van der Waals surface area contributed by atoms with Crippen LogP contribution in [0, 0.1) is 25.2 Å². The standard InChI is InChI=1S/C27H25N3O5/c1-18-13-21(19(2)30(18)23-9-11-24(34-3)12-10-23)15-22(16-28)27(33)35-17-26(32)29-25(31)14-20-7-5-4-6-8-20/h4-13,15H,14,17H2,1-3H3,(H,29,31,32)/b22-15+. The number of hydrogen-bond acceptors (Lipinski definition) is 6. The molecule has 1 aromatic heterocycles. The lowest BCUT2D eigenvalue weighted by Crippen LogP contribution is -2.35. The van der Waals surface area contributed by atoms with E-state index in [1.807, 2.05) is 60.9 Å². The van der Waals surface area contributed by atoms with Gasteiger partial charge >= 0.3 is 5.97 Å². The van der Waals surface area contributed by atoms with E-state index < -0.39 is 24.4 Å². The van der Waals surface area contributed by atoms with Crippen LogP contribution in [-0.2, 0) is 25.5 Å². The first kappa shape index (κ1) is 25.0. The van der Waals surface area contributed by atoms with Gasteiger partial charge in [0.05, 0.1) is 13.5 Å². The number of rotatable bonds is 8. The molecule has 2 aromatic carbocycles. The SMILES string of the molecule is COc1ccc(-n2c(C)cc(/C=C(\C#N)C(=O)OCC(=O)NC(=O)Cc3ccccc3)c2C)cc1. The van der Waals surface area contributed by atoms with Crippen LogP contribution in [0.4, 0.5) is 0 Å². The molecule has 0 aliphatic heterocycles. The predicted octanol–water partition coefficient (Wildman–Crippen LogP) is 3.44. The molecule has 0 unspecified atom stereocenters. The highest BCUT2D eigenvalue weighted by atomic mass is 16.5. The summed E-state index contributed by atoms with van der Waals surface area (Å²) in [7, 11) is 1.60. The summed E-state index contributed by atoms with van der Waals surface area (Å²) in [5.74, 6) is -1.50. The molecule has 1 N–H and O–H groups in total. The molecule has 0 spiro atoms. The second-order valence-electron chi connectivity index (χ2n) is 7.74. The summed E-state index contributed by atoms with van der Waals surface area (Å²) >= 11 is 0. The molecule has 3 rings (SSSR count). The Morgan fingerprint density at radius 3 is 2.34 bits per heavy atom. The molecule has 0 radical (unpaired) electrons. The molecule has 178 valence electrons. The summed E-state index contributed by atoms with van der Waals surface area (Å²) in [6, 6.07) is 20.1. The van der Waals surface area contributed by atoms with Crippen LogP contribution < -0.4 is 10.1 Å². The molecule has 0 fully saturated rings. The van der Waals surface area contributed by atoms with Crippen LogP contribution in [0.1, 0.15) is 22.5 Å². The number of nitrogens with zero attached hydrogens (tertiary/aromatic N) is 2. The van der Waals surface area contributed by atoms with Gasteiger partial charge in [0.2, 0.25) is 5.91 Å². The molecule has 0 saturated heterocycles. The average molecular weight is 472 g/mol. The van der Waals surface area contributed by atoms with Crippen molar-refractivity contribution in [3.63, 3.8) is 0 Å². The number of carbonyl (C=O) groups is 3. The molecule has 1 heterocycles. The van der Waals surface area contributed by atoms with Crippen LogP contribution in [-0.4, -0.2) is 36.1 Å². The van der Waals surface area contributed by atoms with Gasteiger partial charge in [-0.2, -0.15) is 5.26 Å². The Bertz CT molecular complexity index is 1300. The lowest BCUT2D eigenvalue weighted by atomic mass is 10.1. The number of aromatic nitrogens is 1. The lowest BCUT2D eigenvalue weighted by molar-refractivity contribution is -0.145. The molecule has 3 aromatic rings. The van der Waals surface area contributed by atoms with Crippen LogP contribution in [0.15, 0.2) is 66.2 Å². The number of aryl methyl sites for hydroxylation is 1. The molecule has 2 amide bonds. The van der Waals surface area contributed by atoms with Gasteiger partial charge < -0.3 is 14.0 Å². The van der Waals surface area contributed by atoms with E-state index in [1.54, 1.807) is 31.4 Å². The number of methoxy groups -OCH3 is 1. The Hall–Kier alpha value is -4.64. The zero-order chi connectivity index (χ0) is 25.4. The zero-order valence-electron chi connectivity index (χ0n) is 19.7. The molecular weight excluding hydrogens is 446 g/mol. The average Bonchev–Trinajstić information content (AvgIpc) is 3.14. The van der Waals surface area contributed by atoms with Crippen molar-refractivity contribution in [1.29, 1.82) is 5.26 Å². The maximum absolute atomic E-state index is 12.4. The van der Waals surface area contributed by atoms with E-state index in [0.29, 0.717) is 5.56 Å². The Balaban J connectivity index is 1.65. The molecule has 35 heavy (non-hydrogen) atoms. The van der Waals surface area contributed by atoms with Crippen LogP contribution in [0.25, 0.3) is 11.8 Å². The fourth-order valence-corrected chi connectivity index (χ4v) is 3.58. The minimum absolute atomic E-state index is 0.0215. The van der Waals surface area contributed by atoms with Gasteiger partial charge in [-0.3, -0.25) is 14.9 Å². The molecule has 0 bridgehead atoms. The number of hydrogen-bond donors (Lipinski definition) is 1. The van der Waals surface area contributed by atoms with E-state index >= 15 is 0 Å². The van der Waals surface area contributed by atoms with Gasteiger partial charge in [0.1, 0.15) is 17.4 Å². The van der Waals surface area contributed by atoms with E-state index in [1.165, 1.54) is 6.08 Å². The first-order valence-corrected chi connectivity index (χ1v) is 10.8. The van der Waals surface area contributed by atoms with Gasteiger partial charge in [0.15, 0.2) is 6.61 Å². The number of carbonyl (C=O) groups excluding carboxylic acids is 3. The van der Waals surface area contributed by atoms with E-state index in [-0.39, 0.29) is 12.0 Å². The summed E-state index contributed by atoms with van der Waals surface area (Å²) in [5, 5.41) is 11.6. The topological polar surface area (TPSA) is 110 Å². The quantitative estimate of drug-likeness (QED) is 0.306. The zero-order valence-corrected chi connectivity index (χ0v) is 19.7. The second kappa shape index (κ2) is 11.5. The van der Waals surface area contributed by atoms with Gasteiger partial charge in [0.25, 0.3) is 5.91 Å². The van der Waals surface area contributed by atoms with Gasteiger partial charge in [-0.05, 0) is 61.4 Å². The van der Waals surface area contributed by atoms with Crippen LogP contribution in [0.3, 0.4) is 0 Å². The van der Waals surface area contributed by atoms with Crippen molar-refractivity contribution in [1.82, 2.24) is 9.88 Å². The van der Waals surface area contributed by atoms with Gasteiger partial charge in [-0.25, -0.2) is 4.79 Å². The highest BCUT2D eigenvalue weighted by molar-refractivity contribution is 6.01. The van der Waals surface area contributed by atoms with Crippen molar-refractivity contribution >= 4 is 23.9 Å². The van der Waals surface area contributed by atoms with Gasteiger partial charge in [-0.15, -0.1) is 0 Å². The molecule has 8 heteroatoms. The van der Waals surface area contributed by atoms with Crippen LogP contribution >= 0.6 is 0 Å². The smallest absolute Gasteiger partial charge is 0.349 e. The minimum atomic E-state index is -0.951. The molecule has 0 atom stereocenters. The number of benzene rings is 2. The van der Waals surface area contributed by atoms with E-state index in [4.69, 9.17) is 9.47 Å². The van der Waals surface area contributed by atoms with Crippen molar-refractivity contribution in [2.75, 3.05) is 13.7 Å². The first-order valence-electron chi connectivity index (χ1n) is 10.8. The second-order valence-corrected chi connectivity index (χ2v) is 7.74. The summed E-state index contributed by atoms with van der Waals surface area (Å²) in [4.78, 5) is 36.4. The van der Waals surface area contributed by atoms with Crippen molar-refractivity contribution in [2.24, 2.45) is 0 Å². The predicted molar refractivity (Wildman–Crippen MR) is 130 cm³/mol. The third kappa shape index (κ3) is 6.45. The number of nitrogens with one attached hydrogen (secondary N) is 1. The highest BCUT2D eigenvalue weighted by Gasteiger charge is 2.17. The molecule has 0 aliphatic carbocycles.